The number of carbonyl (C=O) groups is 1. The van der Waals surface area contributed by atoms with Gasteiger partial charge in [0.2, 0.25) is 11.8 Å². The van der Waals surface area contributed by atoms with Gasteiger partial charge in [-0.2, -0.15) is 4.98 Å². The van der Waals surface area contributed by atoms with Crippen molar-refractivity contribution in [3.05, 3.63) is 36.2 Å². The van der Waals surface area contributed by atoms with E-state index in [2.05, 4.69) is 20.3 Å². The Morgan fingerprint density at radius 1 is 1.19 bits per heavy atom. The van der Waals surface area contributed by atoms with Crippen molar-refractivity contribution in [3.63, 3.8) is 0 Å². The first-order valence-corrected chi connectivity index (χ1v) is 10.5. The number of hydrogen-bond acceptors (Lipinski definition) is 7. The number of anilines is 2. The van der Waals surface area contributed by atoms with E-state index in [0.29, 0.717) is 24.7 Å². The average Bonchev–Trinajstić information content (AvgIpc) is 2.75. The van der Waals surface area contributed by atoms with Gasteiger partial charge in [0.25, 0.3) is 11.8 Å². The van der Waals surface area contributed by atoms with Crippen LogP contribution in [-0.2, 0) is 0 Å². The van der Waals surface area contributed by atoms with Crippen LogP contribution in [0.25, 0.3) is 0 Å². The number of amides is 1. The molecule has 2 fully saturated rings. The lowest BCUT2D eigenvalue weighted by Crippen LogP contribution is -2.43. The Kier molecular flexibility index (Phi) is 6.15. The molecule has 3 N–H and O–H groups in total. The van der Waals surface area contributed by atoms with Crippen molar-refractivity contribution in [2.75, 3.05) is 23.3 Å². The number of ether oxygens (including phenoxy) is 1. The van der Waals surface area contributed by atoms with Crippen LogP contribution in [0.5, 0.6) is 5.88 Å². The molecule has 3 heterocycles. The number of aromatic nitrogens is 3. The molecule has 8 nitrogen and oxygen atoms in total. The van der Waals surface area contributed by atoms with E-state index < -0.39 is 11.8 Å². The van der Waals surface area contributed by atoms with Crippen LogP contribution in [0, 0.1) is 0 Å². The summed E-state index contributed by atoms with van der Waals surface area (Å²) in [7, 11) is 0. The number of nitrogens with two attached hydrogens (primary N) is 1. The number of nitrogens with zero attached hydrogens (tertiary/aromatic N) is 4. The Labute approximate surface area is 179 Å². The maximum atomic E-state index is 13.7. The van der Waals surface area contributed by atoms with Crippen molar-refractivity contribution < 1.29 is 18.3 Å². The van der Waals surface area contributed by atoms with E-state index in [9.17, 15) is 13.6 Å². The number of rotatable bonds is 6. The molecular formula is C21H26F2N6O2. The van der Waals surface area contributed by atoms with Crippen LogP contribution in [0.1, 0.15) is 48.9 Å². The Balaban J connectivity index is 1.32. The number of piperidine rings is 1. The van der Waals surface area contributed by atoms with Gasteiger partial charge in [-0.3, -0.25) is 4.79 Å². The zero-order valence-electron chi connectivity index (χ0n) is 17.1. The fourth-order valence-corrected chi connectivity index (χ4v) is 4.08. The smallest absolute Gasteiger partial charge is 0.265 e. The van der Waals surface area contributed by atoms with Crippen LogP contribution < -0.4 is 20.7 Å². The van der Waals surface area contributed by atoms with Gasteiger partial charge in [0, 0.05) is 31.4 Å². The Morgan fingerprint density at radius 3 is 2.74 bits per heavy atom. The number of halogens is 2. The molecule has 1 aliphatic heterocycles. The SMILES string of the molecule is NC(=O)c1cccnc1O[C@H]1CC[C@H](Nc2ccnc(N3CCCC(F)(F)C3)n2)CC1. The average molecular weight is 432 g/mol. The van der Waals surface area contributed by atoms with Gasteiger partial charge < -0.3 is 20.7 Å². The van der Waals surface area contributed by atoms with Gasteiger partial charge in [0.15, 0.2) is 0 Å². The lowest BCUT2D eigenvalue weighted by atomic mass is 9.93. The minimum Gasteiger partial charge on any atom is -0.474 e. The summed E-state index contributed by atoms with van der Waals surface area (Å²) in [4.78, 5) is 25.8. The molecule has 2 aromatic heterocycles. The third-order valence-electron chi connectivity index (χ3n) is 5.66. The predicted molar refractivity (Wildman–Crippen MR) is 111 cm³/mol. The molecule has 10 heteroatoms. The standard InChI is InChI=1S/C21H26F2N6O2/c22-21(23)9-2-12-29(13-21)20-26-11-8-17(28-20)27-14-4-6-15(7-5-14)31-19-16(18(24)30)3-1-10-25-19/h1,3,8,10-11,14-15H,2,4-7,9,12-13H2,(H2,24,30)(H,26,27,28)/t14-,15-. The lowest BCUT2D eigenvalue weighted by molar-refractivity contribution is -0.0120. The third kappa shape index (κ3) is 5.36. The molecule has 1 amide bonds. The highest BCUT2D eigenvalue weighted by atomic mass is 19.3. The highest BCUT2D eigenvalue weighted by Gasteiger charge is 2.36. The normalized spacial score (nSPS) is 23.2. The zero-order valence-corrected chi connectivity index (χ0v) is 17.1. The Hall–Kier alpha value is -3.04. The molecule has 1 saturated carbocycles. The summed E-state index contributed by atoms with van der Waals surface area (Å²) < 4.78 is 33.4. The fourth-order valence-electron chi connectivity index (χ4n) is 4.08. The van der Waals surface area contributed by atoms with Gasteiger partial charge in [-0.25, -0.2) is 18.7 Å². The Morgan fingerprint density at radius 2 is 2.00 bits per heavy atom. The van der Waals surface area contributed by atoms with E-state index in [1.807, 2.05) is 0 Å². The van der Waals surface area contributed by atoms with Crippen molar-refractivity contribution in [1.29, 1.82) is 0 Å². The number of pyridine rings is 1. The van der Waals surface area contributed by atoms with Crippen LogP contribution in [0.4, 0.5) is 20.5 Å². The van der Waals surface area contributed by atoms with Crippen LogP contribution >= 0.6 is 0 Å². The topological polar surface area (TPSA) is 106 Å². The molecule has 2 aliphatic rings. The second kappa shape index (κ2) is 8.99. The molecule has 166 valence electrons. The molecular weight excluding hydrogens is 406 g/mol. The minimum atomic E-state index is -2.70. The second-order valence-electron chi connectivity index (χ2n) is 8.08. The van der Waals surface area contributed by atoms with E-state index in [4.69, 9.17) is 10.5 Å². The molecule has 1 aliphatic carbocycles. The molecule has 0 aromatic carbocycles. The monoisotopic (exact) mass is 432 g/mol. The molecule has 31 heavy (non-hydrogen) atoms. The summed E-state index contributed by atoms with van der Waals surface area (Å²) in [6.45, 7) is 0.183. The first-order chi connectivity index (χ1) is 14.9. The summed E-state index contributed by atoms with van der Waals surface area (Å²) in [6, 6.07) is 5.18. The first kappa shape index (κ1) is 21.2. The van der Waals surface area contributed by atoms with Crippen LogP contribution in [0.15, 0.2) is 30.6 Å². The van der Waals surface area contributed by atoms with Gasteiger partial charge in [-0.1, -0.05) is 0 Å². The summed E-state index contributed by atoms with van der Waals surface area (Å²) >= 11 is 0. The molecule has 0 unspecified atom stereocenters. The molecule has 0 atom stereocenters. The van der Waals surface area contributed by atoms with Gasteiger partial charge in [-0.15, -0.1) is 0 Å². The summed E-state index contributed by atoms with van der Waals surface area (Å²) in [5.41, 5.74) is 5.66. The number of alkyl halides is 2. The number of primary amides is 1. The first-order valence-electron chi connectivity index (χ1n) is 10.5. The van der Waals surface area contributed by atoms with Gasteiger partial charge in [-0.05, 0) is 50.3 Å². The highest BCUT2D eigenvalue weighted by molar-refractivity contribution is 5.94. The quantitative estimate of drug-likeness (QED) is 0.723. The summed E-state index contributed by atoms with van der Waals surface area (Å²) in [5.74, 6) is -2.04. The van der Waals surface area contributed by atoms with E-state index >= 15 is 0 Å². The van der Waals surface area contributed by atoms with Crippen LogP contribution in [0.3, 0.4) is 0 Å². The van der Waals surface area contributed by atoms with E-state index in [-0.39, 0.29) is 36.6 Å². The maximum Gasteiger partial charge on any atom is 0.265 e. The van der Waals surface area contributed by atoms with Gasteiger partial charge in [0.1, 0.15) is 17.5 Å². The van der Waals surface area contributed by atoms with Crippen LogP contribution in [0.2, 0.25) is 0 Å². The number of carbonyl (C=O) groups excluding carboxylic acids is 1. The summed E-state index contributed by atoms with van der Waals surface area (Å²) in [6.07, 6.45) is 6.68. The predicted octanol–water partition coefficient (Wildman–Crippen LogP) is 3.01. The molecule has 1 saturated heterocycles. The second-order valence-corrected chi connectivity index (χ2v) is 8.08. The van der Waals surface area contributed by atoms with Crippen molar-refractivity contribution >= 4 is 17.7 Å². The maximum absolute atomic E-state index is 13.7. The third-order valence-corrected chi connectivity index (χ3v) is 5.66. The molecule has 0 bridgehead atoms. The largest absolute Gasteiger partial charge is 0.474 e. The van der Waals surface area contributed by atoms with Crippen molar-refractivity contribution in [2.45, 2.75) is 56.6 Å². The lowest BCUT2D eigenvalue weighted by Gasteiger charge is -2.33. The zero-order chi connectivity index (χ0) is 21.8. The number of hydrogen-bond donors (Lipinski definition) is 2. The van der Waals surface area contributed by atoms with E-state index in [1.165, 1.54) is 0 Å². The molecule has 2 aromatic rings. The van der Waals surface area contributed by atoms with E-state index in [0.717, 1.165) is 25.7 Å². The Bertz CT molecular complexity index is 920. The summed E-state index contributed by atoms with van der Waals surface area (Å²) in [5, 5.41) is 3.38. The van der Waals surface area contributed by atoms with Gasteiger partial charge >= 0.3 is 0 Å². The van der Waals surface area contributed by atoms with Crippen LogP contribution in [-0.4, -0.2) is 52.0 Å². The number of nitrogens with one attached hydrogen (secondary N) is 1. The molecule has 0 spiro atoms. The minimum absolute atomic E-state index is 0.0532. The molecule has 4 rings (SSSR count). The fraction of sp³-hybridized carbons (Fsp3) is 0.524. The van der Waals surface area contributed by atoms with E-state index in [1.54, 1.807) is 35.5 Å². The van der Waals surface area contributed by atoms with Gasteiger partial charge in [0.05, 0.1) is 6.54 Å². The van der Waals surface area contributed by atoms with Crippen molar-refractivity contribution in [3.8, 4) is 5.88 Å². The molecule has 0 radical (unpaired) electrons. The van der Waals surface area contributed by atoms with Crippen molar-refractivity contribution in [2.24, 2.45) is 5.73 Å². The highest BCUT2D eigenvalue weighted by Crippen LogP contribution is 2.30. The van der Waals surface area contributed by atoms with Crippen molar-refractivity contribution in [1.82, 2.24) is 15.0 Å².